The summed E-state index contributed by atoms with van der Waals surface area (Å²) in [6.45, 7) is 1.95. The maximum atomic E-state index is 12.9. The average molecular weight is 437 g/mol. The van der Waals surface area contributed by atoms with Crippen LogP contribution in [0.2, 0.25) is 0 Å². The molecule has 30 heavy (non-hydrogen) atoms. The lowest BCUT2D eigenvalue weighted by atomic mass is 9.84. The minimum Gasteiger partial charge on any atom is -0.293 e. The molecule has 2 aliphatic carbocycles. The standard InChI is InChI=1S/C25H28N2OS2/c1-16-26-24(23-20-9-5-6-10-22(20)30-25(23)27-16)29-15-21(28)19-13-11-18(12-14-19)17-7-3-2-4-8-17/h11-14,17H,2-10,15H2,1H3. The first-order chi connectivity index (χ1) is 14.7. The van der Waals surface area contributed by atoms with Crippen LogP contribution in [-0.4, -0.2) is 21.5 Å². The van der Waals surface area contributed by atoms with Gasteiger partial charge in [-0.3, -0.25) is 4.79 Å². The molecule has 0 spiro atoms. The van der Waals surface area contributed by atoms with Gasteiger partial charge in [-0.15, -0.1) is 11.3 Å². The predicted molar refractivity (Wildman–Crippen MR) is 126 cm³/mol. The summed E-state index contributed by atoms with van der Waals surface area (Å²) in [5, 5.41) is 2.20. The number of hydrogen-bond donors (Lipinski definition) is 0. The Hall–Kier alpha value is -1.72. The Morgan fingerprint density at radius 3 is 2.60 bits per heavy atom. The third-order valence-electron chi connectivity index (χ3n) is 6.54. The number of aryl methyl sites for hydroxylation is 3. The van der Waals surface area contributed by atoms with Crippen LogP contribution in [0.25, 0.3) is 10.2 Å². The summed E-state index contributed by atoms with van der Waals surface area (Å²) in [5.41, 5.74) is 3.65. The molecule has 0 radical (unpaired) electrons. The lowest BCUT2D eigenvalue weighted by molar-refractivity contribution is 0.102. The van der Waals surface area contributed by atoms with Gasteiger partial charge in [-0.05, 0) is 62.5 Å². The fourth-order valence-electron chi connectivity index (χ4n) is 4.92. The van der Waals surface area contributed by atoms with Gasteiger partial charge in [0.15, 0.2) is 5.78 Å². The molecular formula is C25H28N2OS2. The first-order valence-electron chi connectivity index (χ1n) is 11.2. The monoisotopic (exact) mass is 436 g/mol. The molecule has 2 heterocycles. The molecule has 2 aromatic heterocycles. The number of thioether (sulfide) groups is 1. The molecule has 0 amide bonds. The van der Waals surface area contributed by atoms with Gasteiger partial charge in [-0.2, -0.15) is 0 Å². The molecule has 3 nitrogen and oxygen atoms in total. The molecule has 5 heteroatoms. The lowest BCUT2D eigenvalue weighted by Gasteiger charge is -2.22. The van der Waals surface area contributed by atoms with Crippen LogP contribution in [0.5, 0.6) is 0 Å². The third-order valence-corrected chi connectivity index (χ3v) is 8.70. The van der Waals surface area contributed by atoms with Crippen molar-refractivity contribution < 1.29 is 4.79 Å². The Labute approximate surface area is 186 Å². The molecule has 156 valence electrons. The fraction of sp³-hybridized carbons (Fsp3) is 0.480. The number of carbonyl (C=O) groups excluding carboxylic acids is 1. The van der Waals surface area contributed by atoms with Gasteiger partial charge in [-0.1, -0.05) is 55.3 Å². The minimum atomic E-state index is 0.184. The second-order valence-corrected chi connectivity index (χ2v) is 10.7. The third kappa shape index (κ3) is 4.06. The predicted octanol–water partition coefficient (Wildman–Crippen LogP) is 6.90. The summed E-state index contributed by atoms with van der Waals surface area (Å²) < 4.78 is 0. The molecule has 0 N–H and O–H groups in total. The highest BCUT2D eigenvalue weighted by atomic mass is 32.2. The molecule has 0 bridgehead atoms. The second kappa shape index (κ2) is 8.80. The number of ketones is 1. The molecule has 0 atom stereocenters. The van der Waals surface area contributed by atoms with E-state index in [4.69, 9.17) is 4.98 Å². The van der Waals surface area contributed by atoms with Crippen molar-refractivity contribution in [2.24, 2.45) is 0 Å². The van der Waals surface area contributed by atoms with E-state index in [0.29, 0.717) is 11.7 Å². The van der Waals surface area contributed by atoms with Crippen molar-refractivity contribution in [2.75, 3.05) is 5.75 Å². The molecule has 2 aliphatic rings. The zero-order chi connectivity index (χ0) is 20.5. The molecular weight excluding hydrogens is 408 g/mol. The largest absolute Gasteiger partial charge is 0.293 e. The van der Waals surface area contributed by atoms with E-state index in [1.54, 1.807) is 11.8 Å². The van der Waals surface area contributed by atoms with Crippen molar-refractivity contribution in [3.8, 4) is 0 Å². The van der Waals surface area contributed by atoms with E-state index < -0.39 is 0 Å². The van der Waals surface area contributed by atoms with Crippen molar-refractivity contribution in [1.82, 2.24) is 9.97 Å². The summed E-state index contributed by atoms with van der Waals surface area (Å²) >= 11 is 3.41. The van der Waals surface area contributed by atoms with Crippen LogP contribution < -0.4 is 0 Å². The van der Waals surface area contributed by atoms with Gasteiger partial charge in [0, 0.05) is 15.8 Å². The highest BCUT2D eigenvalue weighted by Gasteiger charge is 2.22. The molecule has 0 saturated heterocycles. The number of hydrogen-bond acceptors (Lipinski definition) is 5. The first-order valence-corrected chi connectivity index (χ1v) is 13.0. The number of carbonyl (C=O) groups is 1. The SMILES string of the molecule is Cc1nc(SCC(=O)c2ccc(C3CCCCC3)cc2)c2c3c(sc2n1)CCCC3. The highest BCUT2D eigenvalue weighted by Crippen LogP contribution is 2.40. The van der Waals surface area contributed by atoms with Crippen molar-refractivity contribution in [3.05, 3.63) is 51.7 Å². The van der Waals surface area contributed by atoms with Gasteiger partial charge in [0.25, 0.3) is 0 Å². The first kappa shape index (κ1) is 20.2. The molecule has 0 aliphatic heterocycles. The van der Waals surface area contributed by atoms with Crippen LogP contribution in [0.1, 0.15) is 83.1 Å². The Kier molecular flexibility index (Phi) is 5.92. The van der Waals surface area contributed by atoms with Crippen LogP contribution in [-0.2, 0) is 12.8 Å². The Morgan fingerprint density at radius 2 is 1.80 bits per heavy atom. The lowest BCUT2D eigenvalue weighted by Crippen LogP contribution is -2.07. The Bertz CT molecular complexity index is 1060. The summed E-state index contributed by atoms with van der Waals surface area (Å²) in [6.07, 6.45) is 11.4. The Balaban J connectivity index is 1.33. The number of rotatable bonds is 5. The van der Waals surface area contributed by atoms with Crippen molar-refractivity contribution >= 4 is 39.1 Å². The number of aromatic nitrogens is 2. The summed E-state index contributed by atoms with van der Waals surface area (Å²) in [5.74, 6) is 2.09. The van der Waals surface area contributed by atoms with Crippen LogP contribution in [0.15, 0.2) is 29.3 Å². The number of benzene rings is 1. The second-order valence-electron chi connectivity index (χ2n) is 8.64. The average Bonchev–Trinajstić information content (AvgIpc) is 3.16. The quantitative estimate of drug-likeness (QED) is 0.248. The van der Waals surface area contributed by atoms with E-state index in [1.807, 2.05) is 30.4 Å². The number of Topliss-reactive ketones (excluding diaryl/α,β-unsaturated/α-hetero) is 1. The Morgan fingerprint density at radius 1 is 1.03 bits per heavy atom. The van der Waals surface area contributed by atoms with E-state index in [2.05, 4.69) is 17.1 Å². The molecule has 1 saturated carbocycles. The highest BCUT2D eigenvalue weighted by molar-refractivity contribution is 8.00. The van der Waals surface area contributed by atoms with Gasteiger partial charge in [0.1, 0.15) is 15.7 Å². The van der Waals surface area contributed by atoms with Crippen molar-refractivity contribution in [3.63, 3.8) is 0 Å². The van der Waals surface area contributed by atoms with Crippen molar-refractivity contribution in [2.45, 2.75) is 75.7 Å². The van der Waals surface area contributed by atoms with E-state index in [0.717, 1.165) is 34.1 Å². The molecule has 1 fully saturated rings. The van der Waals surface area contributed by atoms with Crippen LogP contribution in [0.3, 0.4) is 0 Å². The maximum Gasteiger partial charge on any atom is 0.173 e. The van der Waals surface area contributed by atoms with Crippen molar-refractivity contribution in [1.29, 1.82) is 0 Å². The molecule has 0 unspecified atom stereocenters. The number of nitrogens with zero attached hydrogens (tertiary/aromatic N) is 2. The van der Waals surface area contributed by atoms with E-state index >= 15 is 0 Å². The summed E-state index contributed by atoms with van der Waals surface area (Å²) in [4.78, 5) is 24.9. The minimum absolute atomic E-state index is 0.184. The topological polar surface area (TPSA) is 42.9 Å². The zero-order valence-corrected chi connectivity index (χ0v) is 19.2. The number of thiophene rings is 1. The molecule has 3 aromatic rings. The van der Waals surface area contributed by atoms with E-state index in [9.17, 15) is 4.79 Å². The smallest absolute Gasteiger partial charge is 0.173 e. The van der Waals surface area contributed by atoms with Gasteiger partial charge in [0.05, 0.1) is 5.75 Å². The van der Waals surface area contributed by atoms with Crippen LogP contribution >= 0.6 is 23.1 Å². The fourth-order valence-corrected chi connectivity index (χ4v) is 7.29. The zero-order valence-electron chi connectivity index (χ0n) is 17.6. The van der Waals surface area contributed by atoms with Gasteiger partial charge in [0.2, 0.25) is 0 Å². The molecule has 1 aromatic carbocycles. The normalized spacial score (nSPS) is 17.2. The van der Waals surface area contributed by atoms with E-state index in [1.165, 1.54) is 66.3 Å². The van der Waals surface area contributed by atoms with Gasteiger partial charge in [-0.25, -0.2) is 9.97 Å². The summed E-state index contributed by atoms with van der Waals surface area (Å²) in [7, 11) is 0. The molecule has 5 rings (SSSR count). The summed E-state index contributed by atoms with van der Waals surface area (Å²) in [6, 6.07) is 8.41. The van der Waals surface area contributed by atoms with E-state index in [-0.39, 0.29) is 5.78 Å². The van der Waals surface area contributed by atoms with Crippen LogP contribution in [0, 0.1) is 6.92 Å². The number of fused-ring (bicyclic) bond motifs is 3. The van der Waals surface area contributed by atoms with Gasteiger partial charge < -0.3 is 0 Å². The maximum absolute atomic E-state index is 12.9. The van der Waals surface area contributed by atoms with Gasteiger partial charge >= 0.3 is 0 Å². The van der Waals surface area contributed by atoms with Crippen LogP contribution in [0.4, 0.5) is 0 Å².